The Morgan fingerprint density at radius 1 is 1.67 bits per heavy atom. The van der Waals surface area contributed by atoms with Crippen LogP contribution < -0.4 is 4.98 Å². The van der Waals surface area contributed by atoms with Crippen molar-refractivity contribution >= 4 is 34.4 Å². The van der Waals surface area contributed by atoms with E-state index in [-0.39, 0.29) is 24.0 Å². The van der Waals surface area contributed by atoms with Gasteiger partial charge in [0.2, 0.25) is 0 Å². The third kappa shape index (κ3) is 8.86. The Labute approximate surface area is 59.4 Å². The molecular weight excluding hydrogens is 205 g/mol. The van der Waals surface area contributed by atoms with Crippen molar-refractivity contribution in [3.05, 3.63) is 0 Å². The van der Waals surface area contributed by atoms with E-state index < -0.39 is 0 Å². The summed E-state index contributed by atoms with van der Waals surface area (Å²) < 4.78 is 0. The molecule has 0 aromatic carbocycles. The first kappa shape index (κ1) is 10.0. The fraction of sp³-hybridized carbons (Fsp3) is 1.00. The van der Waals surface area contributed by atoms with E-state index in [1.165, 1.54) is 13.0 Å². The van der Waals surface area contributed by atoms with Crippen LogP contribution in [0.5, 0.6) is 0 Å². The Balaban J connectivity index is 0. The standard InChI is InChI=1S/C3H11NSi.HI/c1-2-3-4-5;/h4H,2-3H2,1,5H3;1H. The van der Waals surface area contributed by atoms with Crippen molar-refractivity contribution in [2.45, 2.75) is 13.3 Å². The molecule has 0 amide bonds. The Bertz CT molecular complexity index is 18.3. The first-order chi connectivity index (χ1) is 2.41. The summed E-state index contributed by atoms with van der Waals surface area (Å²) in [6.45, 7) is 3.37. The molecule has 0 aliphatic carbocycles. The third-order valence-electron chi connectivity index (χ3n) is 0.500. The molecule has 1 N–H and O–H groups in total. The summed E-state index contributed by atoms with van der Waals surface area (Å²) in [6.07, 6.45) is 1.27. The number of hydrogen-bond acceptors (Lipinski definition) is 1. The van der Waals surface area contributed by atoms with Gasteiger partial charge in [-0.1, -0.05) is 6.92 Å². The predicted molar refractivity (Wildman–Crippen MR) is 43.6 cm³/mol. The van der Waals surface area contributed by atoms with Gasteiger partial charge in [-0.2, -0.15) is 0 Å². The number of halogens is 1. The van der Waals surface area contributed by atoms with Gasteiger partial charge < -0.3 is 4.98 Å². The Morgan fingerprint density at radius 3 is 2.17 bits per heavy atom. The van der Waals surface area contributed by atoms with E-state index in [4.69, 9.17) is 0 Å². The topological polar surface area (TPSA) is 12.0 Å². The lowest BCUT2D eigenvalue weighted by atomic mass is 10.5. The van der Waals surface area contributed by atoms with Crippen molar-refractivity contribution in [3.63, 3.8) is 0 Å². The van der Waals surface area contributed by atoms with Crippen LogP contribution in [0.25, 0.3) is 0 Å². The van der Waals surface area contributed by atoms with Crippen LogP contribution in [0, 0.1) is 0 Å². The lowest BCUT2D eigenvalue weighted by Crippen LogP contribution is -2.07. The summed E-state index contributed by atoms with van der Waals surface area (Å²) in [5, 5.41) is 0. The number of rotatable bonds is 2. The molecular formula is C3H12INSi. The molecule has 0 saturated carbocycles. The first-order valence-corrected chi connectivity index (χ1v) is 3.06. The van der Waals surface area contributed by atoms with Crippen LogP contribution in [0.3, 0.4) is 0 Å². The summed E-state index contributed by atoms with van der Waals surface area (Å²) in [7, 11) is 1.15. The molecule has 0 bridgehead atoms. The van der Waals surface area contributed by atoms with Crippen LogP contribution in [0.4, 0.5) is 0 Å². The van der Waals surface area contributed by atoms with E-state index in [0.717, 1.165) is 10.4 Å². The molecule has 0 radical (unpaired) electrons. The molecule has 0 heterocycles. The molecule has 0 aromatic heterocycles. The Kier molecular flexibility index (Phi) is 15.5. The predicted octanol–water partition coefficient (Wildman–Crippen LogP) is -0.116. The van der Waals surface area contributed by atoms with Gasteiger partial charge >= 0.3 is 0 Å². The number of nitrogens with one attached hydrogen (secondary N) is 1. The molecule has 1 nitrogen and oxygen atoms in total. The summed E-state index contributed by atoms with van der Waals surface area (Å²) in [5.74, 6) is 0. The molecule has 6 heavy (non-hydrogen) atoms. The average Bonchev–Trinajstić information content (AvgIpc) is 1.41. The molecule has 0 aliphatic rings. The summed E-state index contributed by atoms with van der Waals surface area (Å²) in [6, 6.07) is 0. The second kappa shape index (κ2) is 9.32. The summed E-state index contributed by atoms with van der Waals surface area (Å²) >= 11 is 0. The molecule has 0 saturated heterocycles. The van der Waals surface area contributed by atoms with Crippen LogP contribution >= 0.6 is 24.0 Å². The Morgan fingerprint density at radius 2 is 2.17 bits per heavy atom. The van der Waals surface area contributed by atoms with Gasteiger partial charge in [0.25, 0.3) is 0 Å². The highest BCUT2D eigenvalue weighted by Crippen LogP contribution is 1.61. The van der Waals surface area contributed by atoms with Gasteiger partial charge in [-0.15, -0.1) is 24.0 Å². The van der Waals surface area contributed by atoms with Crippen molar-refractivity contribution in [2.75, 3.05) is 6.54 Å². The van der Waals surface area contributed by atoms with Crippen molar-refractivity contribution < 1.29 is 0 Å². The minimum Gasteiger partial charge on any atom is -0.345 e. The molecule has 0 rings (SSSR count). The van der Waals surface area contributed by atoms with Gasteiger partial charge in [0.05, 0.1) is 10.4 Å². The molecule has 40 valence electrons. The highest BCUT2D eigenvalue weighted by Gasteiger charge is 1.64. The highest BCUT2D eigenvalue weighted by atomic mass is 127. The van der Waals surface area contributed by atoms with Gasteiger partial charge in [0.15, 0.2) is 0 Å². The van der Waals surface area contributed by atoms with E-state index >= 15 is 0 Å². The van der Waals surface area contributed by atoms with Crippen molar-refractivity contribution in [1.29, 1.82) is 0 Å². The highest BCUT2D eigenvalue weighted by molar-refractivity contribution is 14.0. The van der Waals surface area contributed by atoms with E-state index in [1.54, 1.807) is 0 Å². The van der Waals surface area contributed by atoms with E-state index in [0.29, 0.717) is 0 Å². The molecule has 0 fully saturated rings. The van der Waals surface area contributed by atoms with Crippen LogP contribution in [-0.4, -0.2) is 16.9 Å². The quantitative estimate of drug-likeness (QED) is 0.502. The van der Waals surface area contributed by atoms with Crippen LogP contribution in [0.15, 0.2) is 0 Å². The van der Waals surface area contributed by atoms with Gasteiger partial charge in [0.1, 0.15) is 0 Å². The minimum atomic E-state index is 0. The van der Waals surface area contributed by atoms with Crippen LogP contribution in [-0.2, 0) is 0 Å². The maximum atomic E-state index is 3.16. The molecule has 0 spiro atoms. The molecule has 0 unspecified atom stereocenters. The second-order valence-electron chi connectivity index (χ2n) is 1.10. The second-order valence-corrected chi connectivity index (χ2v) is 1.81. The normalized spacial score (nSPS) is 7.50. The van der Waals surface area contributed by atoms with E-state index in [9.17, 15) is 0 Å². The summed E-state index contributed by atoms with van der Waals surface area (Å²) in [4.78, 5) is 3.16. The van der Waals surface area contributed by atoms with Crippen LogP contribution in [0.1, 0.15) is 13.3 Å². The average molecular weight is 217 g/mol. The van der Waals surface area contributed by atoms with Gasteiger partial charge in [-0.3, -0.25) is 0 Å². The van der Waals surface area contributed by atoms with Gasteiger partial charge in [0, 0.05) is 0 Å². The lowest BCUT2D eigenvalue weighted by molar-refractivity contribution is 0.868. The zero-order valence-electron chi connectivity index (χ0n) is 4.32. The molecule has 3 heteroatoms. The van der Waals surface area contributed by atoms with E-state index in [2.05, 4.69) is 11.9 Å². The van der Waals surface area contributed by atoms with Gasteiger partial charge in [-0.25, -0.2) is 0 Å². The fourth-order valence-electron chi connectivity index (χ4n) is 0.250. The zero-order valence-corrected chi connectivity index (χ0v) is 8.65. The first-order valence-electron chi connectivity index (χ1n) is 2.06. The Hall–Kier alpha value is 0.907. The zero-order chi connectivity index (χ0) is 4.12. The van der Waals surface area contributed by atoms with Crippen molar-refractivity contribution in [3.8, 4) is 0 Å². The van der Waals surface area contributed by atoms with E-state index in [1.807, 2.05) is 0 Å². The van der Waals surface area contributed by atoms with Crippen LogP contribution in [0.2, 0.25) is 0 Å². The maximum Gasteiger partial charge on any atom is 0.0749 e. The maximum absolute atomic E-state index is 3.16. The molecule has 0 atom stereocenters. The molecule has 0 aliphatic heterocycles. The third-order valence-corrected chi connectivity index (χ3v) is 1.000. The van der Waals surface area contributed by atoms with Crippen molar-refractivity contribution in [1.82, 2.24) is 4.98 Å². The number of hydrogen-bond donors (Lipinski definition) is 1. The minimum absolute atomic E-state index is 0. The fourth-order valence-corrected chi connectivity index (χ4v) is 0.750. The van der Waals surface area contributed by atoms with Gasteiger partial charge in [-0.05, 0) is 13.0 Å². The SMILES string of the molecule is CCCN[SiH3].I. The van der Waals surface area contributed by atoms with Crippen molar-refractivity contribution in [2.24, 2.45) is 0 Å². The monoisotopic (exact) mass is 217 g/mol. The summed E-state index contributed by atoms with van der Waals surface area (Å²) in [5.41, 5.74) is 0. The molecule has 0 aromatic rings. The largest absolute Gasteiger partial charge is 0.345 e. The lowest BCUT2D eigenvalue weighted by Gasteiger charge is -1.84. The smallest absolute Gasteiger partial charge is 0.0749 e.